The number of nitro benzene ring substituents is 1. The molecule has 2 amide bonds. The Morgan fingerprint density at radius 1 is 1.07 bits per heavy atom. The molecule has 0 fully saturated rings. The maximum absolute atomic E-state index is 12.7. The van der Waals surface area contributed by atoms with E-state index in [1.54, 1.807) is 12.1 Å². The number of rotatable bonds is 5. The highest BCUT2D eigenvalue weighted by molar-refractivity contribution is 6.53. The van der Waals surface area contributed by atoms with Crippen LogP contribution in [0.4, 0.5) is 17.1 Å². The molecule has 2 aromatic rings. The Labute approximate surface area is 160 Å². The van der Waals surface area contributed by atoms with Gasteiger partial charge in [0.25, 0.3) is 17.5 Å². The first-order valence-corrected chi connectivity index (χ1v) is 8.57. The van der Waals surface area contributed by atoms with Gasteiger partial charge < -0.3 is 5.32 Å². The first-order chi connectivity index (χ1) is 12.8. The van der Waals surface area contributed by atoms with Crippen molar-refractivity contribution in [3.8, 4) is 0 Å². The average Bonchev–Trinajstić information content (AvgIpc) is 2.85. The Morgan fingerprint density at radius 3 is 2.33 bits per heavy atom. The van der Waals surface area contributed by atoms with Crippen molar-refractivity contribution in [3.05, 3.63) is 74.9 Å². The summed E-state index contributed by atoms with van der Waals surface area (Å²) >= 11 is 6.07. The molecule has 0 spiro atoms. The standard InChI is InChI=1S/C19H16ClN3O4/c1-11(2)12-6-8-13(9-7-12)21-17-16(20)18(24)22(19(17)25)14-4-3-5-15(10-14)23(26)27/h3-11,21H,1-2H3. The van der Waals surface area contributed by atoms with Gasteiger partial charge in [-0.1, -0.05) is 43.6 Å². The predicted molar refractivity (Wildman–Crippen MR) is 103 cm³/mol. The van der Waals surface area contributed by atoms with E-state index in [2.05, 4.69) is 19.2 Å². The van der Waals surface area contributed by atoms with Crippen molar-refractivity contribution < 1.29 is 14.5 Å². The summed E-state index contributed by atoms with van der Waals surface area (Å²) in [6, 6.07) is 12.7. The molecule has 1 heterocycles. The highest BCUT2D eigenvalue weighted by Gasteiger charge is 2.39. The van der Waals surface area contributed by atoms with Gasteiger partial charge in [0, 0.05) is 17.8 Å². The van der Waals surface area contributed by atoms with Crippen LogP contribution in [-0.4, -0.2) is 16.7 Å². The third-order valence-electron chi connectivity index (χ3n) is 4.17. The van der Waals surface area contributed by atoms with Crippen LogP contribution in [0.5, 0.6) is 0 Å². The second-order valence-corrected chi connectivity index (χ2v) is 6.69. The molecular formula is C19H16ClN3O4. The van der Waals surface area contributed by atoms with Gasteiger partial charge in [-0.05, 0) is 29.7 Å². The lowest BCUT2D eigenvalue weighted by Gasteiger charge is -2.15. The number of benzene rings is 2. The minimum absolute atomic E-state index is 0.0644. The molecule has 1 N–H and O–H groups in total. The molecule has 0 aliphatic carbocycles. The maximum Gasteiger partial charge on any atom is 0.283 e. The molecule has 1 aliphatic heterocycles. The van der Waals surface area contributed by atoms with Crippen LogP contribution >= 0.6 is 11.6 Å². The smallest absolute Gasteiger partial charge is 0.283 e. The van der Waals surface area contributed by atoms with E-state index < -0.39 is 16.7 Å². The number of nitrogens with zero attached hydrogens (tertiary/aromatic N) is 2. The Hall–Kier alpha value is -3.19. The van der Waals surface area contributed by atoms with Crippen LogP contribution < -0.4 is 10.2 Å². The minimum Gasteiger partial charge on any atom is -0.350 e. The molecule has 1 aliphatic rings. The van der Waals surface area contributed by atoms with Crippen molar-refractivity contribution in [1.29, 1.82) is 0 Å². The van der Waals surface area contributed by atoms with Gasteiger partial charge in [-0.2, -0.15) is 0 Å². The van der Waals surface area contributed by atoms with E-state index in [1.165, 1.54) is 18.2 Å². The summed E-state index contributed by atoms with van der Waals surface area (Å²) in [4.78, 5) is 36.3. The Balaban J connectivity index is 1.88. The molecule has 27 heavy (non-hydrogen) atoms. The summed E-state index contributed by atoms with van der Waals surface area (Å²) in [6.07, 6.45) is 0. The van der Waals surface area contributed by atoms with Gasteiger partial charge in [0.1, 0.15) is 10.7 Å². The van der Waals surface area contributed by atoms with E-state index >= 15 is 0 Å². The molecule has 0 radical (unpaired) electrons. The van der Waals surface area contributed by atoms with Crippen LogP contribution in [0, 0.1) is 10.1 Å². The highest BCUT2D eigenvalue weighted by Crippen LogP contribution is 2.32. The number of amides is 2. The van der Waals surface area contributed by atoms with Gasteiger partial charge in [0.15, 0.2) is 0 Å². The van der Waals surface area contributed by atoms with E-state index in [4.69, 9.17) is 11.6 Å². The lowest BCUT2D eigenvalue weighted by molar-refractivity contribution is -0.384. The largest absolute Gasteiger partial charge is 0.350 e. The van der Waals surface area contributed by atoms with Gasteiger partial charge in [0.05, 0.1) is 10.6 Å². The molecule has 0 unspecified atom stereocenters. The molecule has 2 aromatic carbocycles. The molecule has 0 aromatic heterocycles. The van der Waals surface area contributed by atoms with Crippen molar-refractivity contribution in [3.63, 3.8) is 0 Å². The van der Waals surface area contributed by atoms with E-state index in [0.717, 1.165) is 16.5 Å². The number of halogens is 1. The van der Waals surface area contributed by atoms with Crippen LogP contribution in [0.2, 0.25) is 0 Å². The summed E-state index contributed by atoms with van der Waals surface area (Å²) in [5.41, 5.74) is 1.53. The van der Waals surface area contributed by atoms with E-state index in [0.29, 0.717) is 11.6 Å². The maximum atomic E-state index is 12.7. The molecule has 0 saturated carbocycles. The predicted octanol–water partition coefficient (Wildman–Crippen LogP) is 4.15. The number of carbonyl (C=O) groups excluding carboxylic acids is 2. The fourth-order valence-corrected chi connectivity index (χ4v) is 2.90. The second-order valence-electron chi connectivity index (χ2n) is 6.31. The number of hydrogen-bond donors (Lipinski definition) is 1. The summed E-state index contributed by atoms with van der Waals surface area (Å²) in [5.74, 6) is -1.04. The monoisotopic (exact) mass is 385 g/mol. The Morgan fingerprint density at radius 2 is 1.74 bits per heavy atom. The van der Waals surface area contributed by atoms with Crippen molar-refractivity contribution in [1.82, 2.24) is 0 Å². The number of anilines is 2. The van der Waals surface area contributed by atoms with E-state index in [-0.39, 0.29) is 22.1 Å². The summed E-state index contributed by atoms with van der Waals surface area (Å²) in [5, 5.41) is 13.6. The van der Waals surface area contributed by atoms with Crippen molar-refractivity contribution in [2.45, 2.75) is 19.8 Å². The lowest BCUT2D eigenvalue weighted by Crippen LogP contribution is -2.32. The molecular weight excluding hydrogens is 370 g/mol. The van der Waals surface area contributed by atoms with E-state index in [9.17, 15) is 19.7 Å². The van der Waals surface area contributed by atoms with Crippen LogP contribution in [0.3, 0.4) is 0 Å². The van der Waals surface area contributed by atoms with Gasteiger partial charge in [-0.3, -0.25) is 19.7 Å². The number of nitro groups is 1. The third-order valence-corrected chi connectivity index (χ3v) is 4.52. The number of hydrogen-bond acceptors (Lipinski definition) is 5. The highest BCUT2D eigenvalue weighted by atomic mass is 35.5. The minimum atomic E-state index is -0.733. The number of carbonyl (C=O) groups is 2. The normalized spacial score (nSPS) is 14.3. The molecule has 0 bridgehead atoms. The number of nitrogens with one attached hydrogen (secondary N) is 1. The Bertz CT molecular complexity index is 967. The third kappa shape index (κ3) is 3.54. The fourth-order valence-electron chi connectivity index (χ4n) is 2.69. The molecule has 3 rings (SSSR count). The quantitative estimate of drug-likeness (QED) is 0.474. The number of non-ortho nitro benzene ring substituents is 1. The fraction of sp³-hybridized carbons (Fsp3) is 0.158. The second kappa shape index (κ2) is 7.20. The Kier molecular flexibility index (Phi) is 4.96. The van der Waals surface area contributed by atoms with E-state index in [1.807, 2.05) is 12.1 Å². The molecule has 0 atom stereocenters. The summed E-state index contributed by atoms with van der Waals surface area (Å²) in [6.45, 7) is 4.13. The first kappa shape index (κ1) is 18.6. The summed E-state index contributed by atoms with van der Waals surface area (Å²) < 4.78 is 0. The van der Waals surface area contributed by atoms with Crippen LogP contribution in [0.1, 0.15) is 25.3 Å². The van der Waals surface area contributed by atoms with Gasteiger partial charge in [0.2, 0.25) is 0 Å². The zero-order valence-electron chi connectivity index (χ0n) is 14.6. The SMILES string of the molecule is CC(C)c1ccc(NC2=C(Cl)C(=O)N(c3cccc([N+](=O)[O-])c3)C2=O)cc1. The topological polar surface area (TPSA) is 92.6 Å². The van der Waals surface area contributed by atoms with Crippen LogP contribution in [-0.2, 0) is 9.59 Å². The van der Waals surface area contributed by atoms with Crippen molar-refractivity contribution in [2.75, 3.05) is 10.2 Å². The first-order valence-electron chi connectivity index (χ1n) is 8.19. The lowest BCUT2D eigenvalue weighted by atomic mass is 10.0. The summed E-state index contributed by atoms with van der Waals surface area (Å²) in [7, 11) is 0. The molecule has 7 nitrogen and oxygen atoms in total. The molecule has 0 saturated heterocycles. The van der Waals surface area contributed by atoms with Crippen LogP contribution in [0.15, 0.2) is 59.3 Å². The zero-order valence-corrected chi connectivity index (χ0v) is 15.4. The number of imide groups is 1. The molecule has 138 valence electrons. The van der Waals surface area contributed by atoms with Crippen molar-refractivity contribution >= 4 is 40.5 Å². The van der Waals surface area contributed by atoms with Crippen LogP contribution in [0.25, 0.3) is 0 Å². The zero-order chi connectivity index (χ0) is 19.7. The van der Waals surface area contributed by atoms with Gasteiger partial charge >= 0.3 is 0 Å². The van der Waals surface area contributed by atoms with Gasteiger partial charge in [-0.15, -0.1) is 0 Å². The van der Waals surface area contributed by atoms with Gasteiger partial charge in [-0.25, -0.2) is 4.90 Å². The average molecular weight is 386 g/mol. The molecule has 8 heteroatoms. The van der Waals surface area contributed by atoms with Crippen molar-refractivity contribution in [2.24, 2.45) is 0 Å².